The summed E-state index contributed by atoms with van der Waals surface area (Å²) in [7, 11) is 0. The first-order valence-corrected chi connectivity index (χ1v) is 13.0. The van der Waals surface area contributed by atoms with Crippen LogP contribution in [0.15, 0.2) is 17.1 Å². The van der Waals surface area contributed by atoms with Gasteiger partial charge in [-0.1, -0.05) is 90.4 Å². The molecule has 1 saturated heterocycles. The summed E-state index contributed by atoms with van der Waals surface area (Å²) in [6.45, 7) is 2.37. The summed E-state index contributed by atoms with van der Waals surface area (Å²) in [5.74, 6) is 0.119. The van der Waals surface area contributed by atoms with Gasteiger partial charge in [-0.05, 0) is 12.5 Å². The molecule has 0 aliphatic carbocycles. The zero-order valence-corrected chi connectivity index (χ0v) is 20.4. The maximum absolute atomic E-state index is 12.2. The molecule has 1 aliphatic rings. The molecule has 0 saturated carbocycles. The van der Waals surface area contributed by atoms with Crippen molar-refractivity contribution >= 4 is 5.82 Å². The zero-order chi connectivity index (χ0) is 23.9. The van der Waals surface area contributed by atoms with Crippen LogP contribution in [0.4, 0.5) is 5.82 Å². The monoisotopic (exact) mass is 467 g/mol. The molecule has 2 rings (SSSR count). The number of hydrogen-bond donors (Lipinski definition) is 3. The van der Waals surface area contributed by atoms with E-state index in [0.717, 1.165) is 12.8 Å². The first kappa shape index (κ1) is 27.8. The molecule has 1 aliphatic heterocycles. The molecule has 8 nitrogen and oxygen atoms in total. The highest BCUT2D eigenvalue weighted by molar-refractivity contribution is 5.23. The smallest absolute Gasteiger partial charge is 0.351 e. The summed E-state index contributed by atoms with van der Waals surface area (Å²) in [5.41, 5.74) is 4.98. The number of nitrogen functional groups attached to an aromatic ring is 1. The average molecular weight is 468 g/mol. The second kappa shape index (κ2) is 16.2. The van der Waals surface area contributed by atoms with Crippen molar-refractivity contribution in [3.05, 3.63) is 22.7 Å². The normalized spacial score (nSPS) is 22.8. The number of ether oxygens (including phenoxy) is 2. The van der Waals surface area contributed by atoms with E-state index < -0.39 is 30.2 Å². The van der Waals surface area contributed by atoms with Crippen LogP contribution in [0.3, 0.4) is 0 Å². The van der Waals surface area contributed by atoms with E-state index in [1.807, 2.05) is 0 Å². The molecule has 4 N–H and O–H groups in total. The Morgan fingerprint density at radius 3 is 2.06 bits per heavy atom. The molecular formula is C25H45N3O5. The topological polar surface area (TPSA) is 120 Å². The number of rotatable bonds is 18. The molecule has 33 heavy (non-hydrogen) atoms. The maximum Gasteiger partial charge on any atom is 0.351 e. The molecule has 2 heterocycles. The summed E-state index contributed by atoms with van der Waals surface area (Å²) in [6, 6.07) is 1.49. The van der Waals surface area contributed by atoms with Crippen LogP contribution in [0.1, 0.15) is 103 Å². The van der Waals surface area contributed by atoms with Crippen molar-refractivity contribution in [2.45, 2.75) is 121 Å². The van der Waals surface area contributed by atoms with Crippen LogP contribution in [-0.4, -0.2) is 51.3 Å². The fourth-order valence-electron chi connectivity index (χ4n) is 4.41. The van der Waals surface area contributed by atoms with Crippen molar-refractivity contribution in [2.75, 3.05) is 18.9 Å². The fourth-order valence-corrected chi connectivity index (χ4v) is 4.41. The Labute approximate surface area is 198 Å². The van der Waals surface area contributed by atoms with E-state index in [0.29, 0.717) is 6.61 Å². The van der Waals surface area contributed by atoms with Crippen LogP contribution in [0.25, 0.3) is 0 Å². The minimum atomic E-state index is -1.02. The van der Waals surface area contributed by atoms with Crippen molar-refractivity contribution in [3.63, 3.8) is 0 Å². The van der Waals surface area contributed by atoms with Crippen molar-refractivity contribution in [1.29, 1.82) is 0 Å². The maximum atomic E-state index is 12.2. The van der Waals surface area contributed by atoms with Crippen LogP contribution >= 0.6 is 0 Å². The molecular weight excluding hydrogens is 422 g/mol. The van der Waals surface area contributed by atoms with E-state index in [2.05, 4.69) is 11.9 Å². The van der Waals surface area contributed by atoms with Gasteiger partial charge in [-0.2, -0.15) is 4.98 Å². The van der Waals surface area contributed by atoms with Crippen molar-refractivity contribution in [2.24, 2.45) is 0 Å². The molecule has 4 atom stereocenters. The highest BCUT2D eigenvalue weighted by Gasteiger charge is 2.45. The standard InChI is InChI=1S/C25H45N3O5/c1-2-3-4-5-6-7-8-9-10-11-12-13-14-15-18-32-23-22(30)20(19-29)33-24(23)28-17-16-21(26)27-25(28)31/h16-17,20,22-24,29-30H,2-15,18-19H2,1H3,(H2,26,27,31)/t20-,22-,23-,24-/m1/s1. The van der Waals surface area contributed by atoms with Gasteiger partial charge in [0.2, 0.25) is 0 Å². The highest BCUT2D eigenvalue weighted by atomic mass is 16.6. The molecule has 0 radical (unpaired) electrons. The Morgan fingerprint density at radius 2 is 1.55 bits per heavy atom. The van der Waals surface area contributed by atoms with Gasteiger partial charge in [-0.25, -0.2) is 4.79 Å². The Kier molecular flexibility index (Phi) is 13.6. The quantitative estimate of drug-likeness (QED) is 0.280. The fraction of sp³-hybridized carbons (Fsp3) is 0.840. The molecule has 1 aromatic rings. The number of nitrogens with two attached hydrogens (primary N) is 1. The number of aliphatic hydroxyl groups is 2. The van der Waals surface area contributed by atoms with Gasteiger partial charge in [0.05, 0.1) is 6.61 Å². The lowest BCUT2D eigenvalue weighted by Crippen LogP contribution is -2.38. The Bertz CT molecular complexity index is 699. The second-order valence-corrected chi connectivity index (χ2v) is 9.21. The average Bonchev–Trinajstić information content (AvgIpc) is 3.11. The number of aliphatic hydroxyl groups excluding tert-OH is 2. The van der Waals surface area contributed by atoms with Crippen LogP contribution in [0, 0.1) is 0 Å². The number of aromatic nitrogens is 2. The summed E-state index contributed by atoms with van der Waals surface area (Å²) >= 11 is 0. The van der Waals surface area contributed by atoms with Crippen LogP contribution < -0.4 is 11.4 Å². The number of hydrogen-bond acceptors (Lipinski definition) is 7. The lowest BCUT2D eigenvalue weighted by atomic mass is 10.0. The lowest BCUT2D eigenvalue weighted by Gasteiger charge is -2.22. The summed E-state index contributed by atoms with van der Waals surface area (Å²) in [6.07, 6.45) is 16.0. The summed E-state index contributed by atoms with van der Waals surface area (Å²) < 4.78 is 12.8. The molecule has 1 aromatic heterocycles. The minimum Gasteiger partial charge on any atom is -0.394 e. The summed E-state index contributed by atoms with van der Waals surface area (Å²) in [4.78, 5) is 15.9. The number of anilines is 1. The van der Waals surface area contributed by atoms with Gasteiger partial charge in [0.1, 0.15) is 24.1 Å². The molecule has 190 valence electrons. The lowest BCUT2D eigenvalue weighted by molar-refractivity contribution is -0.0748. The Hall–Kier alpha value is -1.48. The zero-order valence-electron chi connectivity index (χ0n) is 20.4. The van der Waals surface area contributed by atoms with Crippen molar-refractivity contribution < 1.29 is 19.7 Å². The summed E-state index contributed by atoms with van der Waals surface area (Å²) in [5, 5.41) is 19.9. The first-order chi connectivity index (χ1) is 16.1. The predicted octanol–water partition coefficient (Wildman–Crippen LogP) is 3.94. The van der Waals surface area contributed by atoms with Gasteiger partial charge < -0.3 is 25.4 Å². The van der Waals surface area contributed by atoms with Gasteiger partial charge in [-0.3, -0.25) is 4.57 Å². The van der Waals surface area contributed by atoms with Gasteiger partial charge in [0.25, 0.3) is 0 Å². The van der Waals surface area contributed by atoms with Crippen LogP contribution in [0.2, 0.25) is 0 Å². The third kappa shape index (κ3) is 9.73. The molecule has 8 heteroatoms. The molecule has 0 bridgehead atoms. The van der Waals surface area contributed by atoms with E-state index in [1.165, 1.54) is 93.9 Å². The Morgan fingerprint density at radius 1 is 1.00 bits per heavy atom. The van der Waals surface area contributed by atoms with E-state index in [1.54, 1.807) is 0 Å². The third-order valence-electron chi connectivity index (χ3n) is 6.43. The van der Waals surface area contributed by atoms with Crippen molar-refractivity contribution in [3.8, 4) is 0 Å². The van der Waals surface area contributed by atoms with Crippen LogP contribution in [-0.2, 0) is 9.47 Å². The molecule has 0 spiro atoms. The van der Waals surface area contributed by atoms with E-state index in [4.69, 9.17) is 15.2 Å². The van der Waals surface area contributed by atoms with E-state index in [-0.39, 0.29) is 12.4 Å². The van der Waals surface area contributed by atoms with Gasteiger partial charge >= 0.3 is 5.69 Å². The van der Waals surface area contributed by atoms with Gasteiger partial charge in [-0.15, -0.1) is 0 Å². The van der Waals surface area contributed by atoms with Crippen molar-refractivity contribution in [1.82, 2.24) is 9.55 Å². The third-order valence-corrected chi connectivity index (χ3v) is 6.43. The van der Waals surface area contributed by atoms with Crippen LogP contribution in [0.5, 0.6) is 0 Å². The molecule has 0 unspecified atom stereocenters. The highest BCUT2D eigenvalue weighted by Crippen LogP contribution is 2.31. The van der Waals surface area contributed by atoms with Gasteiger partial charge in [0, 0.05) is 12.8 Å². The van der Waals surface area contributed by atoms with E-state index >= 15 is 0 Å². The largest absolute Gasteiger partial charge is 0.394 e. The van der Waals surface area contributed by atoms with Gasteiger partial charge in [0.15, 0.2) is 6.23 Å². The molecule has 0 aromatic carbocycles. The van der Waals surface area contributed by atoms with E-state index in [9.17, 15) is 15.0 Å². The SMILES string of the molecule is CCCCCCCCCCCCCCCCO[C@@H]1[C@H](O)[C@@H](CO)O[C@H]1n1ccc(N)nc1=O. The number of unbranched alkanes of at least 4 members (excludes halogenated alkanes) is 13. The Balaban J connectivity index is 1.57. The molecule has 0 amide bonds. The predicted molar refractivity (Wildman–Crippen MR) is 130 cm³/mol. The number of nitrogens with zero attached hydrogens (tertiary/aromatic N) is 2. The minimum absolute atomic E-state index is 0.119. The second-order valence-electron chi connectivity index (χ2n) is 9.21. The first-order valence-electron chi connectivity index (χ1n) is 13.0. The molecule has 1 fully saturated rings.